The molecular weight excluding hydrogens is 180 g/mol. The van der Waals surface area contributed by atoms with E-state index in [-0.39, 0.29) is 0 Å². The highest BCUT2D eigenvalue weighted by molar-refractivity contribution is 5.27. The van der Waals surface area contributed by atoms with Crippen LogP contribution in [0.5, 0.6) is 0 Å². The van der Waals surface area contributed by atoms with Crippen LogP contribution in [0.3, 0.4) is 0 Å². The van der Waals surface area contributed by atoms with Crippen LogP contribution in [0, 0.1) is 5.92 Å². The maximum absolute atomic E-state index is 2.33. The first-order valence-corrected chi connectivity index (χ1v) is 6.58. The van der Waals surface area contributed by atoms with E-state index in [1.807, 2.05) is 27.7 Å². The summed E-state index contributed by atoms with van der Waals surface area (Å²) >= 11 is 0. The fourth-order valence-corrected chi connectivity index (χ4v) is 1.74. The van der Waals surface area contributed by atoms with Gasteiger partial charge in [-0.3, -0.25) is 0 Å². The SMILES string of the molecule is C/C=C\C1=C(C)C(C)CCC1.CC.CC. The van der Waals surface area contributed by atoms with Crippen LogP contribution in [0.25, 0.3) is 0 Å². The predicted molar refractivity (Wildman–Crippen MR) is 73.2 cm³/mol. The van der Waals surface area contributed by atoms with Crippen molar-refractivity contribution in [3.63, 3.8) is 0 Å². The Morgan fingerprint density at radius 2 is 1.67 bits per heavy atom. The number of allylic oxidation sites excluding steroid dienone is 4. The average molecular weight is 210 g/mol. The van der Waals surface area contributed by atoms with E-state index < -0.39 is 0 Å². The van der Waals surface area contributed by atoms with Gasteiger partial charge < -0.3 is 0 Å². The highest BCUT2D eigenvalue weighted by Crippen LogP contribution is 2.29. The Balaban J connectivity index is 0. The molecule has 0 amide bonds. The summed E-state index contributed by atoms with van der Waals surface area (Å²) < 4.78 is 0. The summed E-state index contributed by atoms with van der Waals surface area (Å²) in [5.41, 5.74) is 3.18. The molecule has 0 heterocycles. The minimum absolute atomic E-state index is 0.815. The van der Waals surface area contributed by atoms with Gasteiger partial charge in [-0.05, 0) is 44.6 Å². The molecule has 0 heteroatoms. The van der Waals surface area contributed by atoms with Crippen LogP contribution in [-0.4, -0.2) is 0 Å². The molecule has 0 bridgehead atoms. The van der Waals surface area contributed by atoms with Gasteiger partial charge in [0, 0.05) is 0 Å². The molecule has 0 aliphatic heterocycles. The van der Waals surface area contributed by atoms with E-state index in [2.05, 4.69) is 32.9 Å². The zero-order valence-corrected chi connectivity index (χ0v) is 11.9. The Morgan fingerprint density at radius 1 is 1.13 bits per heavy atom. The van der Waals surface area contributed by atoms with Gasteiger partial charge in [-0.1, -0.05) is 52.3 Å². The minimum atomic E-state index is 0.815. The Kier molecular flexibility index (Phi) is 13.0. The molecule has 1 aliphatic carbocycles. The van der Waals surface area contributed by atoms with E-state index >= 15 is 0 Å². The van der Waals surface area contributed by atoms with E-state index in [1.54, 1.807) is 11.1 Å². The maximum Gasteiger partial charge on any atom is -0.0228 e. The largest absolute Gasteiger partial charge is 0.0874 e. The molecule has 0 saturated carbocycles. The van der Waals surface area contributed by atoms with Crippen molar-refractivity contribution in [1.29, 1.82) is 0 Å². The first-order valence-electron chi connectivity index (χ1n) is 6.58. The molecule has 15 heavy (non-hydrogen) atoms. The molecule has 0 saturated heterocycles. The van der Waals surface area contributed by atoms with Crippen LogP contribution < -0.4 is 0 Å². The molecule has 1 atom stereocenters. The van der Waals surface area contributed by atoms with Crippen molar-refractivity contribution in [2.45, 2.75) is 67.7 Å². The van der Waals surface area contributed by atoms with E-state index in [9.17, 15) is 0 Å². The van der Waals surface area contributed by atoms with Gasteiger partial charge in [-0.2, -0.15) is 0 Å². The first kappa shape index (κ1) is 16.9. The van der Waals surface area contributed by atoms with Crippen molar-refractivity contribution in [2.75, 3.05) is 0 Å². The topological polar surface area (TPSA) is 0 Å². The summed E-state index contributed by atoms with van der Waals surface area (Å²) in [5.74, 6) is 0.815. The van der Waals surface area contributed by atoms with Crippen LogP contribution in [0.4, 0.5) is 0 Å². The molecule has 0 aromatic carbocycles. The summed E-state index contributed by atoms with van der Waals surface area (Å²) in [4.78, 5) is 0. The van der Waals surface area contributed by atoms with E-state index in [4.69, 9.17) is 0 Å². The van der Waals surface area contributed by atoms with Gasteiger partial charge in [0.1, 0.15) is 0 Å². The summed E-state index contributed by atoms with van der Waals surface area (Å²) in [6.45, 7) is 14.7. The summed E-state index contributed by atoms with van der Waals surface area (Å²) in [6.07, 6.45) is 8.47. The second-order valence-electron chi connectivity index (χ2n) is 3.50. The van der Waals surface area contributed by atoms with Gasteiger partial charge in [0.25, 0.3) is 0 Å². The van der Waals surface area contributed by atoms with Crippen LogP contribution in [0.1, 0.15) is 67.7 Å². The molecule has 0 aromatic heterocycles. The highest BCUT2D eigenvalue weighted by Gasteiger charge is 2.13. The van der Waals surface area contributed by atoms with E-state index in [1.165, 1.54) is 19.3 Å². The van der Waals surface area contributed by atoms with Crippen molar-refractivity contribution in [3.8, 4) is 0 Å². The van der Waals surface area contributed by atoms with Crippen molar-refractivity contribution < 1.29 is 0 Å². The zero-order valence-electron chi connectivity index (χ0n) is 11.9. The standard InChI is InChI=1S/C11H18.2C2H6/c1-4-6-11-8-5-7-9(2)10(11)3;2*1-2/h4,6,9H,5,7-8H2,1-3H3;2*1-2H3/b6-4-;;. The second-order valence-corrected chi connectivity index (χ2v) is 3.50. The predicted octanol–water partition coefficient (Wildman–Crippen LogP) is 5.75. The molecule has 1 unspecified atom stereocenters. The van der Waals surface area contributed by atoms with Crippen LogP contribution >= 0.6 is 0 Å². The summed E-state index contributed by atoms with van der Waals surface area (Å²) in [7, 11) is 0. The maximum atomic E-state index is 2.33. The fourth-order valence-electron chi connectivity index (χ4n) is 1.74. The monoisotopic (exact) mass is 210 g/mol. The van der Waals surface area contributed by atoms with E-state index in [0.29, 0.717) is 0 Å². The number of hydrogen-bond acceptors (Lipinski definition) is 0. The molecule has 1 aliphatic rings. The van der Waals surface area contributed by atoms with Gasteiger partial charge in [-0.15, -0.1) is 0 Å². The summed E-state index contributed by atoms with van der Waals surface area (Å²) in [5, 5.41) is 0. The molecule has 0 radical (unpaired) electrons. The molecule has 0 fully saturated rings. The number of hydrogen-bond donors (Lipinski definition) is 0. The lowest BCUT2D eigenvalue weighted by atomic mass is 9.85. The minimum Gasteiger partial charge on any atom is -0.0874 e. The van der Waals surface area contributed by atoms with Gasteiger partial charge >= 0.3 is 0 Å². The Labute approximate surface area is 97.5 Å². The lowest BCUT2D eigenvalue weighted by molar-refractivity contribution is 0.541. The number of rotatable bonds is 1. The van der Waals surface area contributed by atoms with Gasteiger partial charge in [0.15, 0.2) is 0 Å². The molecule has 0 spiro atoms. The zero-order chi connectivity index (χ0) is 12.3. The highest BCUT2D eigenvalue weighted by atomic mass is 14.2. The third-order valence-corrected chi connectivity index (χ3v) is 2.70. The fraction of sp³-hybridized carbons (Fsp3) is 0.733. The Morgan fingerprint density at radius 3 is 2.13 bits per heavy atom. The second kappa shape index (κ2) is 11.6. The Hall–Kier alpha value is -0.520. The van der Waals surface area contributed by atoms with Crippen LogP contribution in [-0.2, 0) is 0 Å². The molecule has 0 aromatic rings. The smallest absolute Gasteiger partial charge is 0.0228 e. The van der Waals surface area contributed by atoms with Crippen molar-refractivity contribution in [3.05, 3.63) is 23.3 Å². The van der Waals surface area contributed by atoms with E-state index in [0.717, 1.165) is 5.92 Å². The molecular formula is C15H30. The van der Waals surface area contributed by atoms with Crippen LogP contribution in [0.2, 0.25) is 0 Å². The normalized spacial score (nSPS) is 20.3. The quantitative estimate of drug-likeness (QED) is 0.517. The molecule has 1 rings (SSSR count). The summed E-state index contributed by atoms with van der Waals surface area (Å²) in [6, 6.07) is 0. The third-order valence-electron chi connectivity index (χ3n) is 2.70. The van der Waals surface area contributed by atoms with Crippen molar-refractivity contribution >= 4 is 0 Å². The Bertz CT molecular complexity index is 184. The van der Waals surface area contributed by atoms with Gasteiger partial charge in [0.2, 0.25) is 0 Å². The lowest BCUT2D eigenvalue weighted by Crippen LogP contribution is -2.05. The lowest BCUT2D eigenvalue weighted by Gasteiger charge is -2.21. The van der Waals surface area contributed by atoms with Gasteiger partial charge in [0.05, 0.1) is 0 Å². The molecule has 90 valence electrons. The average Bonchev–Trinajstić information content (AvgIpc) is 2.31. The van der Waals surface area contributed by atoms with Crippen LogP contribution in [0.15, 0.2) is 23.3 Å². The van der Waals surface area contributed by atoms with Crippen molar-refractivity contribution in [1.82, 2.24) is 0 Å². The molecule has 0 nitrogen and oxygen atoms in total. The van der Waals surface area contributed by atoms with Crippen molar-refractivity contribution in [2.24, 2.45) is 5.92 Å². The van der Waals surface area contributed by atoms with Gasteiger partial charge in [-0.25, -0.2) is 0 Å². The first-order chi connectivity index (χ1) is 7.25. The third kappa shape index (κ3) is 6.54. The molecule has 0 N–H and O–H groups in total.